The van der Waals surface area contributed by atoms with Gasteiger partial charge in [-0.15, -0.1) is 0 Å². The lowest BCUT2D eigenvalue weighted by atomic mass is 10.1. The molecule has 0 saturated carbocycles. The molecule has 1 N–H and O–H groups in total. The van der Waals surface area contributed by atoms with Crippen LogP contribution in [0.4, 0.5) is 11.6 Å². The van der Waals surface area contributed by atoms with Gasteiger partial charge < -0.3 is 4.90 Å². The monoisotopic (exact) mass is 401 g/mol. The van der Waals surface area contributed by atoms with Crippen molar-refractivity contribution in [2.45, 2.75) is 26.3 Å². The van der Waals surface area contributed by atoms with Gasteiger partial charge in [0.25, 0.3) is 5.56 Å². The minimum atomic E-state index is -0.274. The number of aromatic nitrogens is 4. The van der Waals surface area contributed by atoms with E-state index in [2.05, 4.69) is 33.9 Å². The van der Waals surface area contributed by atoms with E-state index in [9.17, 15) is 4.79 Å². The number of hydrogen-bond donors (Lipinski definition) is 1. The molecule has 5 rings (SSSR count). The molecule has 0 amide bonds. The maximum Gasteiger partial charge on any atom is 0.264 e. The summed E-state index contributed by atoms with van der Waals surface area (Å²) in [7, 11) is 0. The number of aryl methyl sites for hydroxylation is 1. The number of nitrogens with one attached hydrogen (secondary N) is 1. The SMILES string of the molecule is Cc1nc2nc(N3c4ccccc4C[C@@H]3C)[nH]c(=O)c2c(=S)n1-c1ccccc1. The fourth-order valence-corrected chi connectivity index (χ4v) is 4.49. The number of para-hydroxylation sites is 2. The molecule has 6 nitrogen and oxygen atoms in total. The Morgan fingerprint density at radius 1 is 1.07 bits per heavy atom. The quantitative estimate of drug-likeness (QED) is 0.509. The maximum atomic E-state index is 13.0. The summed E-state index contributed by atoms with van der Waals surface area (Å²) < 4.78 is 2.22. The smallest absolute Gasteiger partial charge is 0.264 e. The molecular formula is C22H19N5OS. The zero-order valence-electron chi connectivity index (χ0n) is 16.1. The molecule has 1 aliphatic rings. The average Bonchev–Trinajstić information content (AvgIpc) is 3.03. The van der Waals surface area contributed by atoms with Crippen molar-refractivity contribution in [3.63, 3.8) is 0 Å². The van der Waals surface area contributed by atoms with E-state index >= 15 is 0 Å². The first-order chi connectivity index (χ1) is 14.0. The van der Waals surface area contributed by atoms with Crippen LogP contribution in [-0.4, -0.2) is 25.6 Å². The van der Waals surface area contributed by atoms with Crippen LogP contribution in [0.3, 0.4) is 0 Å². The molecule has 0 radical (unpaired) electrons. The minimum Gasteiger partial charge on any atom is -0.309 e. The third-order valence-corrected chi connectivity index (χ3v) is 5.73. The lowest BCUT2D eigenvalue weighted by Crippen LogP contribution is -2.28. The van der Waals surface area contributed by atoms with Gasteiger partial charge >= 0.3 is 0 Å². The summed E-state index contributed by atoms with van der Waals surface area (Å²) >= 11 is 5.66. The van der Waals surface area contributed by atoms with E-state index in [0.717, 1.165) is 17.8 Å². The average molecular weight is 401 g/mol. The predicted molar refractivity (Wildman–Crippen MR) is 117 cm³/mol. The van der Waals surface area contributed by atoms with Crippen molar-refractivity contribution in [3.05, 3.63) is 81.0 Å². The van der Waals surface area contributed by atoms with E-state index in [1.54, 1.807) is 0 Å². The summed E-state index contributed by atoms with van der Waals surface area (Å²) in [6.45, 7) is 3.99. The van der Waals surface area contributed by atoms with Gasteiger partial charge in [0.1, 0.15) is 15.9 Å². The Labute approximate surface area is 172 Å². The standard InChI is InChI=1S/C22H19N5OS/c1-13-12-15-8-6-7-11-17(15)26(13)22-24-19-18(20(28)25-22)21(29)27(14(2)23-19)16-9-4-3-5-10-16/h3-11,13H,12H2,1-2H3,(H,24,25,28)/t13-/m0/s1. The van der Waals surface area contributed by atoms with Crippen LogP contribution < -0.4 is 10.5 Å². The Morgan fingerprint density at radius 2 is 1.79 bits per heavy atom. The summed E-state index contributed by atoms with van der Waals surface area (Å²) in [6, 6.07) is 18.0. The highest BCUT2D eigenvalue weighted by molar-refractivity contribution is 7.71. The molecule has 2 aromatic heterocycles. The molecule has 3 heterocycles. The van der Waals surface area contributed by atoms with E-state index in [4.69, 9.17) is 17.2 Å². The van der Waals surface area contributed by atoms with Gasteiger partial charge in [-0.2, -0.15) is 4.98 Å². The highest BCUT2D eigenvalue weighted by Crippen LogP contribution is 2.36. The Bertz CT molecular complexity index is 1360. The van der Waals surface area contributed by atoms with Crippen LogP contribution in [0, 0.1) is 11.6 Å². The number of aromatic amines is 1. The van der Waals surface area contributed by atoms with E-state index in [1.807, 2.05) is 54.0 Å². The summed E-state index contributed by atoms with van der Waals surface area (Å²) in [5.41, 5.74) is 3.27. The Kier molecular flexibility index (Phi) is 4.06. The van der Waals surface area contributed by atoms with E-state index in [1.165, 1.54) is 5.56 Å². The molecule has 4 aromatic rings. The number of hydrogen-bond acceptors (Lipinski definition) is 5. The van der Waals surface area contributed by atoms with Crippen LogP contribution in [0.2, 0.25) is 0 Å². The minimum absolute atomic E-state index is 0.190. The second-order valence-corrected chi connectivity index (χ2v) is 7.66. The van der Waals surface area contributed by atoms with Crippen LogP contribution >= 0.6 is 12.2 Å². The molecule has 0 unspecified atom stereocenters. The highest BCUT2D eigenvalue weighted by atomic mass is 32.1. The number of rotatable bonds is 2. The number of nitrogens with zero attached hydrogens (tertiary/aromatic N) is 4. The van der Waals surface area contributed by atoms with Crippen molar-refractivity contribution in [1.29, 1.82) is 0 Å². The molecule has 2 aromatic carbocycles. The molecule has 144 valence electrons. The van der Waals surface area contributed by atoms with Gasteiger partial charge in [0.2, 0.25) is 5.95 Å². The van der Waals surface area contributed by atoms with Crippen LogP contribution in [0.25, 0.3) is 16.7 Å². The third-order valence-electron chi connectivity index (χ3n) is 5.35. The van der Waals surface area contributed by atoms with Gasteiger partial charge in [-0.3, -0.25) is 14.3 Å². The number of H-pyrrole nitrogens is 1. The summed E-state index contributed by atoms with van der Waals surface area (Å²) in [4.78, 5) is 27.4. The Balaban J connectivity index is 1.73. The fourth-order valence-electron chi connectivity index (χ4n) is 4.07. The first kappa shape index (κ1) is 17.8. The van der Waals surface area contributed by atoms with Crippen molar-refractivity contribution in [3.8, 4) is 5.69 Å². The summed E-state index contributed by atoms with van der Waals surface area (Å²) in [6.07, 6.45) is 0.902. The lowest BCUT2D eigenvalue weighted by molar-refractivity contribution is 0.739. The summed E-state index contributed by atoms with van der Waals surface area (Å²) in [5.74, 6) is 1.19. The first-order valence-corrected chi connectivity index (χ1v) is 9.91. The second kappa shape index (κ2) is 6.63. The molecule has 0 bridgehead atoms. The van der Waals surface area contributed by atoms with Crippen LogP contribution in [0.15, 0.2) is 59.4 Å². The molecule has 0 aliphatic carbocycles. The van der Waals surface area contributed by atoms with Crippen LogP contribution in [-0.2, 0) is 6.42 Å². The predicted octanol–water partition coefficient (Wildman–Crippen LogP) is 4.23. The Hall–Kier alpha value is -3.32. The topological polar surface area (TPSA) is 66.8 Å². The van der Waals surface area contributed by atoms with Gasteiger partial charge in [-0.05, 0) is 44.0 Å². The summed E-state index contributed by atoms with van der Waals surface area (Å²) in [5, 5.41) is 0.332. The zero-order chi connectivity index (χ0) is 20.1. The van der Waals surface area contributed by atoms with Crippen LogP contribution in [0.1, 0.15) is 18.3 Å². The molecule has 29 heavy (non-hydrogen) atoms. The molecule has 0 saturated heterocycles. The molecule has 1 atom stereocenters. The van der Waals surface area contributed by atoms with Gasteiger partial charge in [-0.1, -0.05) is 48.6 Å². The van der Waals surface area contributed by atoms with Gasteiger partial charge in [-0.25, -0.2) is 4.98 Å². The number of anilines is 2. The van der Waals surface area contributed by atoms with Crippen LogP contribution in [0.5, 0.6) is 0 Å². The number of benzene rings is 2. The first-order valence-electron chi connectivity index (χ1n) is 9.51. The Morgan fingerprint density at radius 3 is 2.59 bits per heavy atom. The molecule has 0 spiro atoms. The largest absolute Gasteiger partial charge is 0.309 e. The van der Waals surface area contributed by atoms with Gasteiger partial charge in [0.05, 0.1) is 0 Å². The fraction of sp³-hybridized carbons (Fsp3) is 0.182. The van der Waals surface area contributed by atoms with E-state index < -0.39 is 0 Å². The zero-order valence-corrected chi connectivity index (χ0v) is 16.9. The van der Waals surface area contributed by atoms with Gasteiger partial charge in [0, 0.05) is 17.4 Å². The third kappa shape index (κ3) is 2.77. The van der Waals surface area contributed by atoms with E-state index in [0.29, 0.717) is 27.4 Å². The maximum absolute atomic E-state index is 13.0. The molecular weight excluding hydrogens is 382 g/mol. The van der Waals surface area contributed by atoms with Crippen molar-refractivity contribution in [2.75, 3.05) is 4.90 Å². The van der Waals surface area contributed by atoms with Gasteiger partial charge in [0.15, 0.2) is 5.65 Å². The number of fused-ring (bicyclic) bond motifs is 2. The molecule has 1 aliphatic heterocycles. The van der Waals surface area contributed by atoms with Crippen molar-refractivity contribution in [2.24, 2.45) is 0 Å². The van der Waals surface area contributed by atoms with Crippen molar-refractivity contribution in [1.82, 2.24) is 19.5 Å². The van der Waals surface area contributed by atoms with Crippen molar-refractivity contribution < 1.29 is 0 Å². The highest BCUT2D eigenvalue weighted by Gasteiger charge is 2.29. The van der Waals surface area contributed by atoms with Crippen molar-refractivity contribution >= 4 is 34.9 Å². The molecule has 0 fully saturated rings. The molecule has 7 heteroatoms. The normalized spacial score (nSPS) is 15.7. The van der Waals surface area contributed by atoms with E-state index in [-0.39, 0.29) is 11.6 Å². The second-order valence-electron chi connectivity index (χ2n) is 7.28. The lowest BCUT2D eigenvalue weighted by Gasteiger charge is -2.23.